The van der Waals surface area contributed by atoms with Gasteiger partial charge < -0.3 is 45.4 Å². The normalized spacial score (nSPS) is 20.9. The van der Waals surface area contributed by atoms with E-state index >= 15 is 0 Å². The Morgan fingerprint density at radius 2 is 0.626 bits per heavy atom. The summed E-state index contributed by atoms with van der Waals surface area (Å²) in [6.07, 6.45) is 22.7. The number of aliphatic hydroxyl groups excluding tert-OH is 1. The maximum atomic E-state index is 12.9. The van der Waals surface area contributed by atoms with Crippen LogP contribution < -0.4 is 50.5 Å². The van der Waals surface area contributed by atoms with Crippen LogP contribution >= 0.6 is 15.9 Å². The Hall–Kier alpha value is -10.4. The molecule has 2 aliphatic heterocycles. The molecule has 31 heteroatoms. The molecule has 8 heterocycles. The number of nitrogens with zero attached hydrogens (tertiary/aromatic N) is 11. The lowest BCUT2D eigenvalue weighted by molar-refractivity contribution is -0.181. The third kappa shape index (κ3) is 24.0. The van der Waals surface area contributed by atoms with E-state index in [1.807, 2.05) is 194 Å². The summed E-state index contributed by atoms with van der Waals surface area (Å²) in [6, 6.07) is 72.4. The number of aromatic amines is 1. The number of rotatable bonds is 17. The number of alkyl halides is 1. The molecule has 2 saturated heterocycles. The minimum atomic E-state index is -1.00. The first kappa shape index (κ1) is 102. The van der Waals surface area contributed by atoms with Gasteiger partial charge in [0, 0.05) is 146 Å². The van der Waals surface area contributed by atoms with Crippen molar-refractivity contribution in [2.45, 2.75) is 300 Å². The molecule has 0 amide bonds. The van der Waals surface area contributed by atoms with Crippen LogP contribution in [-0.4, -0.2) is 138 Å². The number of fused-ring (bicyclic) bond motifs is 6. The molecule has 2 atom stereocenters. The van der Waals surface area contributed by atoms with Gasteiger partial charge in [0.2, 0.25) is 0 Å². The minimum absolute atomic E-state index is 0.0135. The summed E-state index contributed by atoms with van der Waals surface area (Å²) in [6.45, 7) is 17.4. The number of hydrogen-bond acceptors (Lipinski definition) is 16. The van der Waals surface area contributed by atoms with Crippen molar-refractivity contribution < 1.29 is 34.6 Å². The number of imidazole rings is 6. The van der Waals surface area contributed by atoms with Crippen LogP contribution in [0.3, 0.4) is 0 Å². The lowest BCUT2D eigenvalue weighted by atomic mass is 9.90. The number of Topliss-reactive ketones (excluding diaryl/α,β-unsaturated/α-hetero) is 1. The van der Waals surface area contributed by atoms with Crippen molar-refractivity contribution in [3.8, 4) is 0 Å². The van der Waals surface area contributed by atoms with Gasteiger partial charge in [-0.3, -0.25) is 59.4 Å². The van der Waals surface area contributed by atoms with Crippen LogP contribution in [0.2, 0.25) is 0 Å². The summed E-state index contributed by atoms with van der Waals surface area (Å²) in [5.74, 6) is -0.418. The molecule has 22 rings (SSSR count). The fourth-order valence-corrected chi connectivity index (χ4v) is 22.4. The number of carbonyl (C=O) groups is 1. The summed E-state index contributed by atoms with van der Waals surface area (Å²) >= 11 is 4.31. The van der Waals surface area contributed by atoms with Crippen molar-refractivity contribution in [3.63, 3.8) is 0 Å². The topological polar surface area (TPSA) is 297 Å². The molecule has 8 aromatic carbocycles. The number of aliphatic hydroxyl groups is 1. The van der Waals surface area contributed by atoms with Gasteiger partial charge in [0.1, 0.15) is 5.78 Å². The molecule has 6 N–H and O–H groups in total. The van der Waals surface area contributed by atoms with Gasteiger partial charge in [-0.2, -0.15) is 0 Å². The van der Waals surface area contributed by atoms with E-state index in [2.05, 4.69) is 133 Å². The Balaban J connectivity index is 0.000000133. The summed E-state index contributed by atoms with van der Waals surface area (Å²) in [7, 11) is 2.20. The number of carbonyl (C=O) groups excluding carboxylic acids is 1. The average molecular weight is 1960 g/mol. The smallest absolute Gasteiger partial charge is 0.355 e. The van der Waals surface area contributed by atoms with Crippen LogP contribution in [0.5, 0.6) is 0 Å². The number of benzene rings is 8. The molecule has 8 aliphatic rings. The summed E-state index contributed by atoms with van der Waals surface area (Å²) < 4.78 is 66.2. The predicted molar refractivity (Wildman–Crippen MR) is 564 cm³/mol. The van der Waals surface area contributed by atoms with Crippen molar-refractivity contribution in [3.05, 3.63) is 280 Å². The zero-order valence-electron chi connectivity index (χ0n) is 83.5. The van der Waals surface area contributed by atoms with Crippen LogP contribution in [-0.2, 0) is 81.4 Å². The summed E-state index contributed by atoms with van der Waals surface area (Å²) in [5.41, 5.74) is 21.6. The van der Waals surface area contributed by atoms with Crippen LogP contribution in [0.15, 0.2) is 235 Å². The van der Waals surface area contributed by atoms with E-state index in [0.29, 0.717) is 94.4 Å². The van der Waals surface area contributed by atoms with Gasteiger partial charge in [0.05, 0.1) is 110 Å². The molecule has 27 nitrogen and oxygen atoms in total. The highest BCUT2D eigenvalue weighted by Gasteiger charge is 2.43. The highest BCUT2D eigenvalue weighted by Crippen LogP contribution is 2.44. The van der Waals surface area contributed by atoms with Gasteiger partial charge in [0.15, 0.2) is 30.4 Å². The number of nitrogens with one attached hydrogen (secondary N) is 3. The number of aromatic nitrogens is 12. The number of H-pyrrole nitrogens is 1. The number of ether oxygens (including phenoxy) is 4. The van der Waals surface area contributed by atoms with Gasteiger partial charge in [-0.1, -0.05) is 133 Å². The number of halogens is 1. The van der Waals surface area contributed by atoms with Crippen molar-refractivity contribution in [1.29, 1.82) is 1.28 Å². The van der Waals surface area contributed by atoms with Gasteiger partial charge in [-0.25, -0.2) is 28.8 Å². The van der Waals surface area contributed by atoms with E-state index in [1.54, 1.807) is 0 Å². The lowest BCUT2D eigenvalue weighted by Gasteiger charge is -2.35. The first-order valence-corrected chi connectivity index (χ1v) is 53.7. The zero-order valence-corrected chi connectivity index (χ0v) is 84.4. The third-order valence-corrected chi connectivity index (χ3v) is 29.3. The zero-order chi connectivity index (χ0) is 99.7. The first-order chi connectivity index (χ1) is 68.7. The highest BCUT2D eigenvalue weighted by atomic mass is 32.6. The fourth-order valence-electron chi connectivity index (χ4n) is 22.4. The van der Waals surface area contributed by atoms with Gasteiger partial charge in [0.25, 0.3) is 0 Å². The number of nitrogens with two attached hydrogens (primary N) is 1. The molecule has 6 aromatic heterocycles. The van der Waals surface area contributed by atoms with E-state index in [-0.39, 0.29) is 63.8 Å². The summed E-state index contributed by atoms with van der Waals surface area (Å²) in [4.78, 5) is 90.3. The molecule has 744 valence electrons. The predicted octanol–water partition coefficient (Wildman–Crippen LogP) is 18.9. The second-order valence-electron chi connectivity index (χ2n) is 37.1. The quantitative estimate of drug-likeness (QED) is 0.0529. The number of para-hydroxylation sites is 12. The largest absolute Gasteiger partial charge is 0.400 e. The molecule has 0 radical (unpaired) electrons. The molecular weight excluding hydrogens is 1810 g/mol. The number of aryl methyl sites for hydroxylation is 5. The van der Waals surface area contributed by atoms with E-state index in [9.17, 15) is 38.0 Å². The Labute approximate surface area is 823 Å². The van der Waals surface area contributed by atoms with E-state index in [4.69, 9.17) is 32.4 Å². The number of ketones is 1. The Kier molecular flexibility index (Phi) is 36.8. The number of hydrogen-bond donors (Lipinski definition) is 5. The lowest BCUT2D eigenvalue weighted by Crippen LogP contribution is -2.38. The Bertz CT molecular complexity index is 6610. The molecule has 6 aliphatic carbocycles. The molecule has 0 bridgehead atoms. The van der Waals surface area contributed by atoms with Crippen molar-refractivity contribution in [2.24, 2.45) is 5.73 Å². The van der Waals surface area contributed by atoms with E-state index in [1.165, 1.54) is 11.1 Å². The van der Waals surface area contributed by atoms with E-state index in [0.717, 1.165) is 247 Å². The monoisotopic (exact) mass is 1960 g/mol. The van der Waals surface area contributed by atoms with Crippen LogP contribution in [0.25, 0.3) is 66.2 Å². The maximum absolute atomic E-state index is 12.9. The Morgan fingerprint density at radius 1 is 0.388 bits per heavy atom. The first-order valence-electron chi connectivity index (χ1n) is 51.4. The third-order valence-electron chi connectivity index (χ3n) is 29.3. The molecular formula is C108H143FN15O12P2S+. The fraction of sp³-hybridized carbons (Fsp3) is 0.491. The highest BCUT2D eigenvalue weighted by molar-refractivity contribution is 8.24. The molecule has 6 saturated carbocycles. The van der Waals surface area contributed by atoms with Crippen LogP contribution in [0, 0.1) is 0 Å². The van der Waals surface area contributed by atoms with E-state index < -0.39 is 14.1 Å². The molecule has 2 unspecified atom stereocenters. The van der Waals surface area contributed by atoms with Gasteiger partial charge >= 0.3 is 35.4 Å². The van der Waals surface area contributed by atoms with Crippen molar-refractivity contribution in [2.75, 3.05) is 40.7 Å². The standard InChI is InChI=1S/2C22H27N3O.C17H22N2O3.C15H21N3O.C15H18N2O3.C15H18N2O2.CH3F.CH4O.H2P2S/c2*1-2-24-20-10-6-7-11-21(20)25(22(24)26)19-14-12-18(13-15-19)23-16-17-8-4-3-5-9-17;1-2-18-14-5-3-4-6-15(14)19(16(18)20)13-7-9-17(10-8-13)21-11-12-22-17;1-2-17-13-5-3-4-6-14(13)18(15(17)19)12-9-7-11(16)8-10-12;18-14-16-12-3-1-2-4-13(12)17(14)11-5-7-15(8-6-11)19-9-10-20-15;1-2-16-13-5-3-4-6-14(13)17(15(16)19)11-7-9-12(18)10-8-11;2*1-2;1-2-3/h2*3-11,18-19,23H,2,12-16H2,1H3;3-6,13H,2,7-12H2,1H3;3-6,11-12H,2,7-10,16H2,1H3;1-4,11H,5-10H2,(H,16,18);3-6,11H,2,7-10H2,1H3;1H3;2H,1H3;1H2/p+1/i;;;;;;1D;;/hT. The molecule has 139 heavy (non-hydrogen) atoms. The summed E-state index contributed by atoms with van der Waals surface area (Å²) in [5, 5.41) is 14.4. The second kappa shape index (κ2) is 50.3. The van der Waals surface area contributed by atoms with Crippen molar-refractivity contribution in [1.82, 2.24) is 65.9 Å². The van der Waals surface area contributed by atoms with Crippen LogP contribution in [0.1, 0.15) is 237 Å². The van der Waals surface area contributed by atoms with Crippen molar-refractivity contribution >= 4 is 99.7 Å². The molecule has 8 fully saturated rings. The SMILES string of the molecule is CCn1c(=O)n(C2CCC(=O)CC2)c2ccccc21.CCn1c(=O)n(C2CCC(N)CC2)c2ccccc21.CCn1c(=O)n(C2CCC(NCc3ccccc3)CC2)c2ccccc21.CCn1c(=O)n(C2CCC(NCc3ccccc3)CC2)c2ccccc21.CCn1c(=O)n(C2CCC3(CC2)OCCO3)c2ccccc21.CO.O=c1[nH]c2ccccc2n1C1CCC2(CC1)OCCO2.[2H]CF.[3H][P+](P)=S. The Morgan fingerprint density at radius 3 is 0.914 bits per heavy atom. The molecule has 14 aromatic rings. The minimum Gasteiger partial charge on any atom is -0.400 e. The van der Waals surface area contributed by atoms with Gasteiger partial charge in [-0.05, 0) is 234 Å². The van der Waals surface area contributed by atoms with Crippen LogP contribution in [0.4, 0.5) is 4.39 Å². The molecule has 2 spiro atoms. The second-order valence-corrected chi connectivity index (χ2v) is 39.9. The van der Waals surface area contributed by atoms with Gasteiger partial charge in [-0.15, -0.1) is 0 Å². The average Bonchev–Trinajstić information content (AvgIpc) is 1.66. The maximum Gasteiger partial charge on any atom is 0.355 e.